The summed E-state index contributed by atoms with van der Waals surface area (Å²) in [6, 6.07) is 24.4. The van der Waals surface area contributed by atoms with Gasteiger partial charge in [-0.3, -0.25) is 10.1 Å². The third kappa shape index (κ3) is 7.46. The van der Waals surface area contributed by atoms with Gasteiger partial charge in [-0.2, -0.15) is 10.5 Å². The second-order valence-electron chi connectivity index (χ2n) is 10.0. The van der Waals surface area contributed by atoms with E-state index in [0.717, 1.165) is 11.1 Å². The molecule has 11 heteroatoms. The number of aliphatic hydroxyl groups is 1. The van der Waals surface area contributed by atoms with Crippen molar-refractivity contribution in [2.75, 3.05) is 19.8 Å². The first-order valence-corrected chi connectivity index (χ1v) is 14.3. The Balaban J connectivity index is 1.40. The van der Waals surface area contributed by atoms with E-state index in [1.165, 1.54) is 0 Å². The highest BCUT2D eigenvalue weighted by Gasteiger charge is 2.19. The lowest BCUT2D eigenvalue weighted by atomic mass is 9.96. The second kappa shape index (κ2) is 14.5. The molecule has 0 saturated heterocycles. The summed E-state index contributed by atoms with van der Waals surface area (Å²) in [6.07, 6.45) is 0. The first-order chi connectivity index (χ1) is 21.9. The zero-order valence-electron chi connectivity index (χ0n) is 24.0. The molecule has 0 unspecified atom stereocenters. The molecule has 5 rings (SSSR count). The summed E-state index contributed by atoms with van der Waals surface area (Å²) in [7, 11) is 0. The molecule has 0 radical (unpaired) electrons. The topological polar surface area (TPSA) is 154 Å². The maximum atomic E-state index is 11.4. The number of halogens is 1. The van der Waals surface area contributed by atoms with Gasteiger partial charge in [0.1, 0.15) is 50.0 Å². The van der Waals surface area contributed by atoms with Gasteiger partial charge in [-0.15, -0.1) is 0 Å². The normalized spacial score (nSPS) is 12.4. The van der Waals surface area contributed by atoms with Gasteiger partial charge in [-0.25, -0.2) is 0 Å². The van der Waals surface area contributed by atoms with E-state index in [9.17, 15) is 25.5 Å². The minimum absolute atomic E-state index is 0.0217. The number of carbonyl (C=O) groups is 1. The zero-order valence-corrected chi connectivity index (χ0v) is 24.7. The van der Waals surface area contributed by atoms with Crippen LogP contribution in [0.3, 0.4) is 0 Å². The summed E-state index contributed by atoms with van der Waals surface area (Å²) in [6.45, 7) is 0.491. The second-order valence-corrected chi connectivity index (χ2v) is 10.5. The van der Waals surface area contributed by atoms with Crippen LogP contribution in [-0.4, -0.2) is 42.0 Å². The van der Waals surface area contributed by atoms with Crippen molar-refractivity contribution in [2.24, 2.45) is 0 Å². The SMILES string of the molecule is N#Cc1cccc(COc2cc(OCc3cccc(-c4ccc5c(c4)OCCO5)c3C#N)c(Cl)cc2CN[C@H](CO)C(=O)O)c1. The van der Waals surface area contributed by atoms with E-state index in [-0.39, 0.29) is 30.5 Å². The highest BCUT2D eigenvalue weighted by Crippen LogP contribution is 2.37. The summed E-state index contributed by atoms with van der Waals surface area (Å²) in [4.78, 5) is 11.4. The maximum Gasteiger partial charge on any atom is 0.323 e. The molecule has 0 aliphatic carbocycles. The third-order valence-corrected chi connectivity index (χ3v) is 7.38. The van der Waals surface area contributed by atoms with E-state index in [1.807, 2.05) is 36.4 Å². The van der Waals surface area contributed by atoms with Crippen LogP contribution in [0.1, 0.15) is 27.8 Å². The highest BCUT2D eigenvalue weighted by atomic mass is 35.5. The van der Waals surface area contributed by atoms with Gasteiger partial charge in [0.05, 0.1) is 28.8 Å². The molecule has 1 heterocycles. The molecule has 0 aromatic heterocycles. The number of rotatable bonds is 12. The Bertz CT molecular complexity index is 1800. The average molecular weight is 626 g/mol. The Hall–Kier alpha value is -5.26. The van der Waals surface area contributed by atoms with Crippen LogP contribution in [0.4, 0.5) is 0 Å². The van der Waals surface area contributed by atoms with Crippen molar-refractivity contribution in [3.63, 3.8) is 0 Å². The quantitative estimate of drug-likeness (QED) is 0.191. The minimum atomic E-state index is -1.20. The van der Waals surface area contributed by atoms with Gasteiger partial charge in [0.15, 0.2) is 11.5 Å². The van der Waals surface area contributed by atoms with Gasteiger partial charge in [0.25, 0.3) is 0 Å². The van der Waals surface area contributed by atoms with Crippen molar-refractivity contribution < 1.29 is 34.0 Å². The smallest absolute Gasteiger partial charge is 0.323 e. The summed E-state index contributed by atoms with van der Waals surface area (Å²) < 4.78 is 23.5. The Morgan fingerprint density at radius 3 is 2.44 bits per heavy atom. The molecule has 1 aliphatic rings. The highest BCUT2D eigenvalue weighted by molar-refractivity contribution is 6.32. The number of hydrogen-bond donors (Lipinski definition) is 3. The van der Waals surface area contributed by atoms with Crippen LogP contribution in [-0.2, 0) is 24.6 Å². The number of aliphatic hydroxyl groups excluding tert-OH is 1. The molecule has 0 saturated carbocycles. The molecule has 0 spiro atoms. The number of nitrogens with one attached hydrogen (secondary N) is 1. The molecule has 3 N–H and O–H groups in total. The number of nitriles is 2. The predicted molar refractivity (Wildman–Crippen MR) is 164 cm³/mol. The number of benzene rings is 4. The van der Waals surface area contributed by atoms with E-state index in [4.69, 9.17) is 30.5 Å². The Kier molecular flexibility index (Phi) is 10.0. The average Bonchev–Trinajstić information content (AvgIpc) is 3.07. The van der Waals surface area contributed by atoms with Crippen LogP contribution in [0, 0.1) is 22.7 Å². The van der Waals surface area contributed by atoms with E-state index in [1.54, 1.807) is 36.4 Å². The van der Waals surface area contributed by atoms with Crippen LogP contribution < -0.4 is 24.3 Å². The fourth-order valence-corrected chi connectivity index (χ4v) is 5.01. The maximum absolute atomic E-state index is 11.4. The molecule has 4 aromatic rings. The molecule has 4 aromatic carbocycles. The molecule has 228 valence electrons. The van der Waals surface area contributed by atoms with Crippen molar-refractivity contribution in [1.29, 1.82) is 10.5 Å². The summed E-state index contributed by atoms with van der Waals surface area (Å²) in [5.74, 6) is 0.711. The summed E-state index contributed by atoms with van der Waals surface area (Å²) in [5, 5.41) is 41.1. The van der Waals surface area contributed by atoms with Gasteiger partial charge < -0.3 is 29.2 Å². The Labute approximate surface area is 264 Å². The van der Waals surface area contributed by atoms with Gasteiger partial charge in [-0.1, -0.05) is 48.0 Å². The van der Waals surface area contributed by atoms with E-state index >= 15 is 0 Å². The van der Waals surface area contributed by atoms with Crippen molar-refractivity contribution in [3.8, 4) is 46.3 Å². The fraction of sp³-hybridized carbons (Fsp3) is 0.206. The summed E-state index contributed by atoms with van der Waals surface area (Å²) >= 11 is 6.60. The fourth-order valence-electron chi connectivity index (χ4n) is 4.77. The first-order valence-electron chi connectivity index (χ1n) is 14.0. The van der Waals surface area contributed by atoms with Gasteiger partial charge in [0.2, 0.25) is 0 Å². The van der Waals surface area contributed by atoms with Crippen LogP contribution in [0.25, 0.3) is 11.1 Å². The largest absolute Gasteiger partial charge is 0.488 e. The van der Waals surface area contributed by atoms with Crippen LogP contribution >= 0.6 is 11.6 Å². The number of carboxylic acids is 1. The lowest BCUT2D eigenvalue weighted by Gasteiger charge is -2.19. The monoisotopic (exact) mass is 625 g/mol. The van der Waals surface area contributed by atoms with Crippen LogP contribution in [0.2, 0.25) is 5.02 Å². The van der Waals surface area contributed by atoms with Crippen LogP contribution in [0.5, 0.6) is 23.0 Å². The third-order valence-electron chi connectivity index (χ3n) is 7.08. The summed E-state index contributed by atoms with van der Waals surface area (Å²) in [5.41, 5.74) is 4.34. The molecule has 1 atom stereocenters. The molecule has 0 fully saturated rings. The van der Waals surface area contributed by atoms with Crippen molar-refractivity contribution in [3.05, 3.63) is 106 Å². The van der Waals surface area contributed by atoms with E-state index < -0.39 is 18.6 Å². The van der Waals surface area contributed by atoms with Gasteiger partial charge >= 0.3 is 5.97 Å². The van der Waals surface area contributed by atoms with Crippen molar-refractivity contribution in [1.82, 2.24) is 5.32 Å². The number of carboxylic acid groups (broad SMARTS) is 1. The first kappa shape index (κ1) is 31.2. The number of aliphatic carboxylic acids is 1. The van der Waals surface area contributed by atoms with Gasteiger partial charge in [0, 0.05) is 23.7 Å². The Morgan fingerprint density at radius 2 is 1.69 bits per heavy atom. The standard InChI is InChI=1S/C34H28ClN3O7/c35-28-12-25(17-38-29(18-39)34(40)41)31(44-19-22-4-1-3-21(11-22)15-36)14-32(28)45-20-24-5-2-6-26(27(24)16-37)23-7-8-30-33(13-23)43-10-9-42-30/h1-8,11-14,29,38-39H,9-10,17-20H2,(H,40,41)/t29-/m1/s1. The van der Waals surface area contributed by atoms with E-state index in [2.05, 4.69) is 17.5 Å². The molecule has 1 aliphatic heterocycles. The lowest BCUT2D eigenvalue weighted by Crippen LogP contribution is -2.39. The Morgan fingerprint density at radius 1 is 0.911 bits per heavy atom. The number of ether oxygens (including phenoxy) is 4. The number of nitrogens with zero attached hydrogens (tertiary/aromatic N) is 2. The molecular formula is C34H28ClN3O7. The van der Waals surface area contributed by atoms with Gasteiger partial charge in [-0.05, 0) is 47.0 Å². The van der Waals surface area contributed by atoms with Crippen molar-refractivity contribution >= 4 is 17.6 Å². The lowest BCUT2D eigenvalue weighted by molar-refractivity contribution is -0.140. The molecule has 0 amide bonds. The minimum Gasteiger partial charge on any atom is -0.488 e. The van der Waals surface area contributed by atoms with E-state index in [0.29, 0.717) is 58.3 Å². The molecule has 45 heavy (non-hydrogen) atoms. The molecule has 0 bridgehead atoms. The zero-order chi connectivity index (χ0) is 31.8. The molecular weight excluding hydrogens is 598 g/mol. The number of fused-ring (bicyclic) bond motifs is 1. The van der Waals surface area contributed by atoms with Crippen molar-refractivity contribution in [2.45, 2.75) is 25.8 Å². The number of hydrogen-bond acceptors (Lipinski definition) is 9. The van der Waals surface area contributed by atoms with Crippen LogP contribution in [0.15, 0.2) is 72.8 Å². The predicted octanol–water partition coefficient (Wildman–Crippen LogP) is 5.21. The molecule has 10 nitrogen and oxygen atoms in total.